The van der Waals surface area contributed by atoms with E-state index >= 15 is 0 Å². The van der Waals surface area contributed by atoms with Crippen molar-refractivity contribution in [2.45, 2.75) is 25.8 Å². The highest BCUT2D eigenvalue weighted by molar-refractivity contribution is 5.19. The Balaban J connectivity index is 2.75. The molecule has 0 spiro atoms. The summed E-state index contributed by atoms with van der Waals surface area (Å²) in [4.78, 5) is 0. The second kappa shape index (κ2) is 4.33. The van der Waals surface area contributed by atoms with Gasteiger partial charge in [-0.15, -0.1) is 0 Å². The maximum atomic E-state index is 13.0. The first-order valence-corrected chi connectivity index (χ1v) is 4.29. The summed E-state index contributed by atoms with van der Waals surface area (Å²) in [5.41, 5.74) is 5.63. The van der Waals surface area contributed by atoms with Gasteiger partial charge in [0.25, 0.3) is 0 Å². The molecule has 0 aromatic heterocycles. The van der Waals surface area contributed by atoms with Crippen LogP contribution in [0.2, 0.25) is 0 Å². The van der Waals surface area contributed by atoms with Crippen LogP contribution in [0.3, 0.4) is 0 Å². The number of hydrogen-bond donors (Lipinski definition) is 1. The largest absolute Gasteiger partial charge is 0.328 e. The van der Waals surface area contributed by atoms with Crippen LogP contribution in [-0.4, -0.2) is 6.04 Å². The minimum atomic E-state index is -0.486. The molecule has 0 heterocycles. The van der Waals surface area contributed by atoms with Gasteiger partial charge in [-0.2, -0.15) is 0 Å². The molecule has 0 amide bonds. The molecule has 13 heavy (non-hydrogen) atoms. The van der Waals surface area contributed by atoms with Gasteiger partial charge in [0.15, 0.2) is 0 Å². The Labute approximate surface area is 76.6 Å². The molecule has 0 saturated carbocycles. The Hall–Kier alpha value is -0.960. The van der Waals surface area contributed by atoms with Gasteiger partial charge < -0.3 is 5.73 Å². The van der Waals surface area contributed by atoms with E-state index in [1.54, 1.807) is 0 Å². The zero-order valence-electron chi connectivity index (χ0n) is 7.56. The van der Waals surface area contributed by atoms with Crippen molar-refractivity contribution in [3.8, 4) is 0 Å². The first-order chi connectivity index (χ1) is 6.11. The molecule has 0 radical (unpaired) electrons. The van der Waals surface area contributed by atoms with Crippen molar-refractivity contribution in [3.05, 3.63) is 35.4 Å². The standard InChI is InChI=1S/C10H13F2N/c1-7(13)5-6-8-9(11)3-2-4-10(8)12/h2-4,7H,5-6,13H2,1H3/t7-/m0/s1. The third-order valence-electron chi connectivity index (χ3n) is 1.91. The van der Waals surface area contributed by atoms with Gasteiger partial charge in [0.2, 0.25) is 0 Å². The van der Waals surface area contributed by atoms with E-state index in [4.69, 9.17) is 5.73 Å². The Kier molecular flexibility index (Phi) is 3.37. The van der Waals surface area contributed by atoms with Gasteiger partial charge in [0, 0.05) is 11.6 Å². The lowest BCUT2D eigenvalue weighted by molar-refractivity contribution is 0.540. The van der Waals surface area contributed by atoms with E-state index in [-0.39, 0.29) is 11.6 Å². The minimum absolute atomic E-state index is 0.0287. The van der Waals surface area contributed by atoms with Crippen molar-refractivity contribution in [2.75, 3.05) is 0 Å². The Morgan fingerprint density at radius 2 is 1.85 bits per heavy atom. The molecule has 1 aromatic carbocycles. The van der Waals surface area contributed by atoms with Crippen molar-refractivity contribution < 1.29 is 8.78 Å². The van der Waals surface area contributed by atoms with Gasteiger partial charge in [0.1, 0.15) is 11.6 Å². The molecule has 0 bridgehead atoms. The summed E-state index contributed by atoms with van der Waals surface area (Å²) in [5.74, 6) is -0.971. The van der Waals surface area contributed by atoms with Crippen LogP contribution in [0.25, 0.3) is 0 Å². The lowest BCUT2D eigenvalue weighted by Gasteiger charge is -2.06. The molecule has 3 heteroatoms. The summed E-state index contributed by atoms with van der Waals surface area (Å²) >= 11 is 0. The monoisotopic (exact) mass is 185 g/mol. The van der Waals surface area contributed by atoms with Crippen LogP contribution < -0.4 is 5.73 Å². The fraction of sp³-hybridized carbons (Fsp3) is 0.400. The summed E-state index contributed by atoms with van der Waals surface area (Å²) < 4.78 is 26.0. The Morgan fingerprint density at radius 3 is 2.31 bits per heavy atom. The van der Waals surface area contributed by atoms with Gasteiger partial charge in [-0.25, -0.2) is 8.78 Å². The van der Waals surface area contributed by atoms with Crippen molar-refractivity contribution in [1.29, 1.82) is 0 Å². The molecular weight excluding hydrogens is 172 g/mol. The summed E-state index contributed by atoms with van der Waals surface area (Å²) in [7, 11) is 0. The molecule has 0 aliphatic carbocycles. The van der Waals surface area contributed by atoms with Gasteiger partial charge in [0.05, 0.1) is 0 Å². The van der Waals surface area contributed by atoms with Crippen LogP contribution in [0.5, 0.6) is 0 Å². The first kappa shape index (κ1) is 10.1. The highest BCUT2D eigenvalue weighted by atomic mass is 19.1. The molecular formula is C10H13F2N. The third kappa shape index (κ3) is 2.77. The SMILES string of the molecule is C[C@H](N)CCc1c(F)cccc1F. The molecule has 0 aliphatic heterocycles. The van der Waals surface area contributed by atoms with Crippen LogP contribution in [0.15, 0.2) is 18.2 Å². The van der Waals surface area contributed by atoms with E-state index in [0.29, 0.717) is 12.8 Å². The second-order valence-electron chi connectivity index (χ2n) is 3.22. The molecule has 0 saturated heterocycles. The van der Waals surface area contributed by atoms with Crippen LogP contribution >= 0.6 is 0 Å². The van der Waals surface area contributed by atoms with Gasteiger partial charge in [-0.05, 0) is 31.9 Å². The molecule has 0 fully saturated rings. The average Bonchev–Trinajstić information content (AvgIpc) is 2.03. The molecule has 2 N–H and O–H groups in total. The van der Waals surface area contributed by atoms with Crippen LogP contribution in [0, 0.1) is 11.6 Å². The fourth-order valence-corrected chi connectivity index (χ4v) is 1.14. The number of nitrogens with two attached hydrogens (primary N) is 1. The molecule has 0 aliphatic rings. The zero-order chi connectivity index (χ0) is 9.84. The van der Waals surface area contributed by atoms with Crippen LogP contribution in [-0.2, 0) is 6.42 Å². The lowest BCUT2D eigenvalue weighted by atomic mass is 10.1. The first-order valence-electron chi connectivity index (χ1n) is 4.29. The second-order valence-corrected chi connectivity index (χ2v) is 3.22. The van der Waals surface area contributed by atoms with Crippen molar-refractivity contribution in [2.24, 2.45) is 5.73 Å². The maximum Gasteiger partial charge on any atom is 0.129 e. The predicted octanol–water partition coefficient (Wildman–Crippen LogP) is 2.24. The molecule has 1 atom stereocenters. The highest BCUT2D eigenvalue weighted by Gasteiger charge is 2.08. The number of benzene rings is 1. The van der Waals surface area contributed by atoms with E-state index < -0.39 is 11.6 Å². The Bertz CT molecular complexity index is 264. The van der Waals surface area contributed by atoms with E-state index in [0.717, 1.165) is 0 Å². The van der Waals surface area contributed by atoms with E-state index in [9.17, 15) is 8.78 Å². The number of rotatable bonds is 3. The van der Waals surface area contributed by atoms with Crippen LogP contribution in [0.1, 0.15) is 18.9 Å². The Morgan fingerprint density at radius 1 is 1.31 bits per heavy atom. The quantitative estimate of drug-likeness (QED) is 0.767. The highest BCUT2D eigenvalue weighted by Crippen LogP contribution is 2.14. The smallest absolute Gasteiger partial charge is 0.129 e. The number of halogens is 2. The zero-order valence-corrected chi connectivity index (χ0v) is 7.56. The van der Waals surface area contributed by atoms with E-state index in [1.807, 2.05) is 6.92 Å². The summed E-state index contributed by atoms with van der Waals surface area (Å²) in [6.45, 7) is 1.82. The summed E-state index contributed by atoms with van der Waals surface area (Å²) in [6.07, 6.45) is 0.952. The lowest BCUT2D eigenvalue weighted by Crippen LogP contribution is -2.16. The molecule has 1 rings (SSSR count). The van der Waals surface area contributed by atoms with Gasteiger partial charge >= 0.3 is 0 Å². The normalized spacial score (nSPS) is 12.9. The van der Waals surface area contributed by atoms with Crippen molar-refractivity contribution >= 4 is 0 Å². The minimum Gasteiger partial charge on any atom is -0.328 e. The van der Waals surface area contributed by atoms with E-state index in [1.165, 1.54) is 18.2 Å². The fourth-order valence-electron chi connectivity index (χ4n) is 1.14. The van der Waals surface area contributed by atoms with Crippen molar-refractivity contribution in [3.63, 3.8) is 0 Å². The predicted molar refractivity (Wildman–Crippen MR) is 48.3 cm³/mol. The maximum absolute atomic E-state index is 13.0. The van der Waals surface area contributed by atoms with Gasteiger partial charge in [-0.3, -0.25) is 0 Å². The average molecular weight is 185 g/mol. The summed E-state index contributed by atoms with van der Waals surface area (Å²) in [5, 5.41) is 0. The third-order valence-corrected chi connectivity index (χ3v) is 1.91. The van der Waals surface area contributed by atoms with E-state index in [2.05, 4.69) is 0 Å². The van der Waals surface area contributed by atoms with Gasteiger partial charge in [-0.1, -0.05) is 6.07 Å². The van der Waals surface area contributed by atoms with Crippen LogP contribution in [0.4, 0.5) is 8.78 Å². The van der Waals surface area contributed by atoms with Crippen molar-refractivity contribution in [1.82, 2.24) is 0 Å². The summed E-state index contributed by atoms with van der Waals surface area (Å²) in [6, 6.07) is 3.86. The molecule has 1 nitrogen and oxygen atoms in total. The number of hydrogen-bond acceptors (Lipinski definition) is 1. The topological polar surface area (TPSA) is 26.0 Å². The molecule has 0 unspecified atom stereocenters. The molecule has 72 valence electrons. The molecule has 1 aromatic rings.